The second-order valence-corrected chi connectivity index (χ2v) is 10.1. The van der Waals surface area contributed by atoms with Crippen molar-refractivity contribution in [2.75, 3.05) is 6.54 Å². The predicted octanol–water partition coefficient (Wildman–Crippen LogP) is 5.35. The molecule has 3 aliphatic carbocycles. The zero-order chi connectivity index (χ0) is 17.9. The summed E-state index contributed by atoms with van der Waals surface area (Å²) in [6, 6.07) is 0. The van der Waals surface area contributed by atoms with Gasteiger partial charge in [-0.3, -0.25) is 4.79 Å². The maximum absolute atomic E-state index is 12.8. The number of fused-ring (bicyclic) bond motifs is 2. The molecule has 3 saturated carbocycles. The van der Waals surface area contributed by atoms with Crippen LogP contribution in [0.25, 0.3) is 0 Å². The highest BCUT2D eigenvalue weighted by molar-refractivity contribution is 8.00. The highest BCUT2D eigenvalue weighted by Crippen LogP contribution is 2.42. The number of carbonyl (C=O) groups excluding carboxylic acids is 1. The van der Waals surface area contributed by atoms with Crippen LogP contribution >= 0.6 is 11.8 Å². The van der Waals surface area contributed by atoms with E-state index in [1.807, 2.05) is 18.7 Å². The third-order valence-corrected chi connectivity index (χ3v) is 8.15. The number of rotatable bonds is 5. The second kappa shape index (κ2) is 8.37. The van der Waals surface area contributed by atoms with Crippen molar-refractivity contribution in [1.29, 1.82) is 0 Å². The molecule has 1 aromatic heterocycles. The van der Waals surface area contributed by atoms with E-state index in [0.717, 1.165) is 29.0 Å². The number of amides is 1. The van der Waals surface area contributed by atoms with E-state index >= 15 is 0 Å². The molecule has 2 unspecified atom stereocenters. The Kier molecular flexibility index (Phi) is 5.92. The van der Waals surface area contributed by atoms with Gasteiger partial charge < -0.3 is 9.84 Å². The van der Waals surface area contributed by atoms with Crippen LogP contribution in [0.1, 0.15) is 86.9 Å². The summed E-state index contributed by atoms with van der Waals surface area (Å²) in [6.07, 6.45) is 14.6. The number of aromatic nitrogens is 1. The van der Waals surface area contributed by atoms with Crippen molar-refractivity contribution < 1.29 is 9.32 Å². The molecule has 144 valence electrons. The molecule has 5 heteroatoms. The SMILES string of the molecule is Cc1noc(C(=O)NCC2CC3CCCC(C3)C2)c1SC1CCCCC1. The molecule has 0 radical (unpaired) electrons. The lowest BCUT2D eigenvalue weighted by atomic mass is 9.68. The Hall–Kier alpha value is -0.970. The molecule has 2 atom stereocenters. The molecule has 4 nitrogen and oxygen atoms in total. The molecule has 26 heavy (non-hydrogen) atoms. The average molecular weight is 377 g/mol. The lowest BCUT2D eigenvalue weighted by Crippen LogP contribution is -2.35. The molecule has 2 bridgehead atoms. The summed E-state index contributed by atoms with van der Waals surface area (Å²) in [6.45, 7) is 2.74. The number of carbonyl (C=O) groups is 1. The Morgan fingerprint density at radius 1 is 1.08 bits per heavy atom. The standard InChI is InChI=1S/C21H32N2O2S/c1-14-20(26-18-8-3-2-4-9-18)19(25-23-14)21(24)22-13-17-11-15-6-5-7-16(10-15)12-17/h15-18H,2-13H2,1H3,(H,22,24). The Morgan fingerprint density at radius 2 is 1.81 bits per heavy atom. The van der Waals surface area contributed by atoms with Gasteiger partial charge in [0.15, 0.2) is 0 Å². The number of nitrogens with zero attached hydrogens (tertiary/aromatic N) is 1. The fourth-order valence-electron chi connectivity index (χ4n) is 5.35. The normalized spacial score (nSPS) is 29.5. The highest BCUT2D eigenvalue weighted by Gasteiger charge is 2.32. The Morgan fingerprint density at radius 3 is 2.54 bits per heavy atom. The molecular formula is C21H32N2O2S. The quantitative estimate of drug-likeness (QED) is 0.752. The monoisotopic (exact) mass is 376 g/mol. The van der Waals surface area contributed by atoms with Crippen LogP contribution < -0.4 is 5.32 Å². The van der Waals surface area contributed by atoms with Crippen LogP contribution in [0.4, 0.5) is 0 Å². The average Bonchev–Trinajstić information content (AvgIpc) is 3.01. The summed E-state index contributed by atoms with van der Waals surface area (Å²) >= 11 is 1.81. The third kappa shape index (κ3) is 4.29. The number of thioether (sulfide) groups is 1. The van der Waals surface area contributed by atoms with Crippen molar-refractivity contribution in [2.24, 2.45) is 17.8 Å². The Balaban J connectivity index is 1.34. The van der Waals surface area contributed by atoms with Crippen LogP contribution in [-0.2, 0) is 0 Å². The molecule has 0 aromatic carbocycles. The molecule has 4 rings (SSSR count). The van der Waals surface area contributed by atoms with E-state index in [0.29, 0.717) is 16.9 Å². The molecule has 0 spiro atoms. The van der Waals surface area contributed by atoms with Crippen molar-refractivity contribution in [3.63, 3.8) is 0 Å². The number of nitrogens with one attached hydrogen (secondary N) is 1. The molecule has 1 amide bonds. The maximum atomic E-state index is 12.8. The Bertz CT molecular complexity index is 612. The van der Waals surface area contributed by atoms with Crippen LogP contribution in [0.15, 0.2) is 9.42 Å². The van der Waals surface area contributed by atoms with Gasteiger partial charge in [0.25, 0.3) is 5.91 Å². The molecular weight excluding hydrogens is 344 g/mol. The van der Waals surface area contributed by atoms with Gasteiger partial charge in [-0.15, -0.1) is 11.8 Å². The summed E-state index contributed by atoms with van der Waals surface area (Å²) in [4.78, 5) is 13.7. The van der Waals surface area contributed by atoms with E-state index in [4.69, 9.17) is 4.52 Å². The van der Waals surface area contributed by atoms with Crippen LogP contribution in [0.5, 0.6) is 0 Å². The van der Waals surface area contributed by atoms with Gasteiger partial charge >= 0.3 is 0 Å². The molecule has 1 heterocycles. The predicted molar refractivity (Wildman–Crippen MR) is 104 cm³/mol. The van der Waals surface area contributed by atoms with Gasteiger partial charge in [0, 0.05) is 11.8 Å². The van der Waals surface area contributed by atoms with Crippen LogP contribution in [0.2, 0.25) is 0 Å². The molecule has 0 aliphatic heterocycles. The number of hydrogen-bond donors (Lipinski definition) is 1. The minimum absolute atomic E-state index is 0.0698. The Labute approximate surface area is 161 Å². The lowest BCUT2D eigenvalue weighted by Gasteiger charge is -2.39. The van der Waals surface area contributed by atoms with Gasteiger partial charge in [-0.25, -0.2) is 0 Å². The first kappa shape index (κ1) is 18.4. The smallest absolute Gasteiger partial charge is 0.291 e. The van der Waals surface area contributed by atoms with E-state index in [9.17, 15) is 4.79 Å². The van der Waals surface area contributed by atoms with Crippen LogP contribution in [0, 0.1) is 24.7 Å². The zero-order valence-corrected chi connectivity index (χ0v) is 16.8. The minimum atomic E-state index is -0.0698. The van der Waals surface area contributed by atoms with E-state index in [-0.39, 0.29) is 5.91 Å². The van der Waals surface area contributed by atoms with Gasteiger partial charge in [-0.05, 0) is 56.8 Å². The van der Waals surface area contributed by atoms with E-state index < -0.39 is 0 Å². The zero-order valence-electron chi connectivity index (χ0n) is 16.0. The first-order valence-corrected chi connectivity index (χ1v) is 11.5. The topological polar surface area (TPSA) is 55.1 Å². The first-order valence-electron chi connectivity index (χ1n) is 10.6. The highest BCUT2D eigenvalue weighted by atomic mass is 32.2. The van der Waals surface area contributed by atoms with Crippen molar-refractivity contribution in [1.82, 2.24) is 10.5 Å². The number of aryl methyl sites for hydroxylation is 1. The molecule has 1 N–H and O–H groups in total. The van der Waals surface area contributed by atoms with Crippen molar-refractivity contribution in [3.05, 3.63) is 11.5 Å². The first-order chi connectivity index (χ1) is 12.7. The van der Waals surface area contributed by atoms with Gasteiger partial charge in [0.2, 0.25) is 5.76 Å². The largest absolute Gasteiger partial charge is 0.350 e. The van der Waals surface area contributed by atoms with Gasteiger partial charge in [0.05, 0.1) is 10.6 Å². The summed E-state index contributed by atoms with van der Waals surface area (Å²) < 4.78 is 5.43. The molecule has 0 saturated heterocycles. The van der Waals surface area contributed by atoms with Crippen molar-refractivity contribution in [2.45, 2.75) is 87.7 Å². The number of hydrogen-bond acceptors (Lipinski definition) is 4. The fourth-order valence-corrected chi connectivity index (χ4v) is 6.70. The maximum Gasteiger partial charge on any atom is 0.291 e. The van der Waals surface area contributed by atoms with Gasteiger partial charge in [-0.1, -0.05) is 43.7 Å². The summed E-state index contributed by atoms with van der Waals surface area (Å²) in [7, 11) is 0. The van der Waals surface area contributed by atoms with E-state index in [2.05, 4.69) is 10.5 Å². The molecule has 1 aromatic rings. The van der Waals surface area contributed by atoms with E-state index in [1.54, 1.807) is 0 Å². The van der Waals surface area contributed by atoms with Crippen LogP contribution in [0.3, 0.4) is 0 Å². The fraction of sp³-hybridized carbons (Fsp3) is 0.810. The second-order valence-electron chi connectivity index (χ2n) is 8.75. The van der Waals surface area contributed by atoms with E-state index in [1.165, 1.54) is 70.6 Å². The third-order valence-electron chi connectivity index (χ3n) is 6.63. The lowest BCUT2D eigenvalue weighted by molar-refractivity contribution is 0.0876. The summed E-state index contributed by atoms with van der Waals surface area (Å²) in [5.74, 6) is 2.80. The summed E-state index contributed by atoms with van der Waals surface area (Å²) in [5, 5.41) is 7.85. The summed E-state index contributed by atoms with van der Waals surface area (Å²) in [5.41, 5.74) is 0.859. The van der Waals surface area contributed by atoms with Gasteiger partial charge in [0.1, 0.15) is 0 Å². The van der Waals surface area contributed by atoms with Crippen LogP contribution in [-0.4, -0.2) is 22.9 Å². The molecule has 3 aliphatic rings. The van der Waals surface area contributed by atoms with Crippen molar-refractivity contribution in [3.8, 4) is 0 Å². The van der Waals surface area contributed by atoms with Crippen molar-refractivity contribution >= 4 is 17.7 Å². The van der Waals surface area contributed by atoms with Gasteiger partial charge in [-0.2, -0.15) is 0 Å². The minimum Gasteiger partial charge on any atom is -0.350 e. The molecule has 3 fully saturated rings.